The van der Waals surface area contributed by atoms with E-state index in [1.165, 1.54) is 15.8 Å². The predicted molar refractivity (Wildman–Crippen MR) is 137 cm³/mol. The highest BCUT2D eigenvalue weighted by Gasteiger charge is 2.46. The number of hydrogen-bond acceptors (Lipinski definition) is 9. The van der Waals surface area contributed by atoms with E-state index in [1.54, 1.807) is 12.3 Å². The van der Waals surface area contributed by atoms with Crippen molar-refractivity contribution in [2.45, 2.75) is 43.4 Å². The normalized spacial score (nSPS) is 27.0. The van der Waals surface area contributed by atoms with Gasteiger partial charge in [-0.2, -0.15) is 5.10 Å². The van der Waals surface area contributed by atoms with E-state index in [2.05, 4.69) is 27.1 Å². The summed E-state index contributed by atoms with van der Waals surface area (Å²) in [5.74, 6) is -1.39. The van der Waals surface area contributed by atoms with E-state index in [4.69, 9.17) is 30.6 Å². The number of ether oxygens (including phenoxy) is 1. The molecule has 1 aromatic carbocycles. The van der Waals surface area contributed by atoms with Gasteiger partial charge >= 0.3 is 15.2 Å². The maximum atomic E-state index is 12.0. The minimum Gasteiger partial charge on any atom is -0.387 e. The number of halogens is 1. The summed E-state index contributed by atoms with van der Waals surface area (Å²) in [5, 5.41) is 26.3. The summed E-state index contributed by atoms with van der Waals surface area (Å²) in [5.41, 5.74) is 3.57. The molecular weight excluding hydrogens is 562 g/mol. The molecule has 3 heterocycles. The number of aliphatic hydroxyl groups excluding tert-OH is 2. The number of pyridine rings is 1. The Kier molecular flexibility index (Phi) is 7.47. The number of aliphatic hydroxyl groups is 2. The Morgan fingerprint density at radius 1 is 1.21 bits per heavy atom. The molecule has 5 rings (SSSR count). The van der Waals surface area contributed by atoms with Crippen LogP contribution >= 0.6 is 26.8 Å². The zero-order valence-electron chi connectivity index (χ0n) is 20.1. The van der Waals surface area contributed by atoms with E-state index in [0.29, 0.717) is 5.39 Å². The van der Waals surface area contributed by atoms with Crippen molar-refractivity contribution in [1.29, 1.82) is 0 Å². The van der Waals surface area contributed by atoms with Gasteiger partial charge in [0.15, 0.2) is 17.8 Å². The van der Waals surface area contributed by atoms with Crippen LogP contribution in [0.5, 0.6) is 0 Å². The van der Waals surface area contributed by atoms with Gasteiger partial charge in [-0.3, -0.25) is 9.13 Å². The van der Waals surface area contributed by atoms with E-state index >= 15 is 0 Å². The van der Waals surface area contributed by atoms with Crippen LogP contribution in [-0.4, -0.2) is 77.5 Å². The summed E-state index contributed by atoms with van der Waals surface area (Å²) in [4.78, 5) is 34.1. The Morgan fingerprint density at radius 3 is 2.68 bits per heavy atom. The van der Waals surface area contributed by atoms with Crippen molar-refractivity contribution in [1.82, 2.24) is 14.8 Å². The van der Waals surface area contributed by atoms with Gasteiger partial charge in [0.05, 0.1) is 29.9 Å². The van der Waals surface area contributed by atoms with Crippen LogP contribution in [0.2, 0.25) is 5.15 Å². The molecule has 1 aliphatic heterocycles. The third-order valence-corrected chi connectivity index (χ3v) is 10.5. The highest BCUT2D eigenvalue weighted by Crippen LogP contribution is 2.55. The molecular formula is C22H27ClN4O9P2. The monoisotopic (exact) mass is 588 g/mol. The molecule has 2 aliphatic rings. The van der Waals surface area contributed by atoms with Crippen LogP contribution in [0, 0.1) is 0 Å². The maximum absolute atomic E-state index is 12.0. The molecule has 13 nitrogen and oxygen atoms in total. The number of rotatable bonds is 8. The molecule has 6 atom stereocenters. The highest BCUT2D eigenvalue weighted by atomic mass is 35.5. The number of aryl methyl sites for hydroxylation is 1. The summed E-state index contributed by atoms with van der Waals surface area (Å²) in [7, 11) is -7.56. The first kappa shape index (κ1) is 27.7. The summed E-state index contributed by atoms with van der Waals surface area (Å²) >= 11 is 6.38. The fourth-order valence-electron chi connectivity index (χ4n) is 5.09. The van der Waals surface area contributed by atoms with Crippen molar-refractivity contribution in [2.24, 2.45) is 0 Å². The number of aromatic nitrogens is 3. The molecule has 3 aromatic rings. The molecule has 2 aromatic heterocycles. The molecule has 0 bridgehead atoms. The number of nitrogens with zero attached hydrogens (tertiary/aromatic N) is 4. The number of fused-ring (bicyclic) bond motifs is 2. The van der Waals surface area contributed by atoms with Gasteiger partial charge in [0, 0.05) is 7.05 Å². The first-order valence-electron chi connectivity index (χ1n) is 11.7. The van der Waals surface area contributed by atoms with Gasteiger partial charge in [-0.25, -0.2) is 9.67 Å². The first-order chi connectivity index (χ1) is 17.8. The molecule has 0 radical (unpaired) electrons. The lowest BCUT2D eigenvalue weighted by atomic mass is 10.1. The third kappa shape index (κ3) is 5.41. The number of hydrogen-bond donors (Lipinski definition) is 5. The molecule has 5 N–H and O–H groups in total. The van der Waals surface area contributed by atoms with Crippen LogP contribution in [0.1, 0.15) is 29.8 Å². The lowest BCUT2D eigenvalue weighted by Gasteiger charge is -2.28. The summed E-state index contributed by atoms with van der Waals surface area (Å²) < 4.78 is 34.8. The number of benzene rings is 1. The first-order valence-corrected chi connectivity index (χ1v) is 15.7. The molecule has 16 heteroatoms. The van der Waals surface area contributed by atoms with Crippen LogP contribution < -0.4 is 4.90 Å². The predicted octanol–water partition coefficient (Wildman–Crippen LogP) is 2.16. The van der Waals surface area contributed by atoms with Gasteiger partial charge in [-0.15, -0.1) is 0 Å². The van der Waals surface area contributed by atoms with Gasteiger partial charge in [0.2, 0.25) is 0 Å². The van der Waals surface area contributed by atoms with Gasteiger partial charge in [0.1, 0.15) is 23.5 Å². The lowest BCUT2D eigenvalue weighted by Crippen LogP contribution is -2.33. The topological polar surface area (TPSA) is 188 Å². The van der Waals surface area contributed by atoms with E-state index in [0.717, 1.165) is 18.5 Å². The molecule has 206 valence electrons. The summed E-state index contributed by atoms with van der Waals surface area (Å²) in [6, 6.07) is 10.1. The molecule has 0 saturated carbocycles. The van der Waals surface area contributed by atoms with Crippen molar-refractivity contribution >= 4 is 43.5 Å². The van der Waals surface area contributed by atoms with Gasteiger partial charge in [0.25, 0.3) is 0 Å². The third-order valence-electron chi connectivity index (χ3n) is 6.84. The SMILES string of the molecule is CN(c1cc(Cl)nc2c1cnn2[C@@H]1O[C@H](COP(=O)(O)CP(=O)(O)O)[C@H](O)[C@@H]1O)[C@H]1CCc2ccccc21. The zero-order chi connectivity index (χ0) is 27.4. The van der Waals surface area contributed by atoms with Crippen LogP contribution in [-0.2, 0) is 24.8 Å². The zero-order valence-corrected chi connectivity index (χ0v) is 22.7. The lowest BCUT2D eigenvalue weighted by molar-refractivity contribution is -0.0541. The standard InChI is InChI=1S/C22H27ClN4O9P2/c1-26(15-7-6-12-4-2-3-5-13(12)15)16-8-18(23)25-21-14(16)9-24-27(21)22-20(29)19(28)17(36-22)10-35-38(33,34)11-37(30,31)32/h2-5,8-9,15,17,19-20,22,28-29H,6-7,10-11H2,1H3,(H,33,34)(H2,30,31,32)/t15-,17+,19-,20-,22+/m0/s1. The van der Waals surface area contributed by atoms with Crippen LogP contribution in [0.15, 0.2) is 36.5 Å². The minimum absolute atomic E-state index is 0.107. The largest absolute Gasteiger partial charge is 0.387 e. The second-order valence-electron chi connectivity index (χ2n) is 9.44. The molecule has 38 heavy (non-hydrogen) atoms. The number of anilines is 1. The minimum atomic E-state index is -4.83. The Balaban J connectivity index is 1.40. The molecule has 0 spiro atoms. The van der Waals surface area contributed by atoms with Crippen LogP contribution in [0.25, 0.3) is 11.0 Å². The Bertz CT molecular complexity index is 1450. The molecule has 1 saturated heterocycles. The van der Waals surface area contributed by atoms with Gasteiger partial charge in [-0.1, -0.05) is 35.9 Å². The average Bonchev–Trinajstić information content (AvgIpc) is 3.52. The van der Waals surface area contributed by atoms with Gasteiger partial charge in [-0.05, 0) is 30.0 Å². The molecule has 1 aliphatic carbocycles. The van der Waals surface area contributed by atoms with E-state index in [9.17, 15) is 24.2 Å². The van der Waals surface area contributed by atoms with E-state index < -0.39 is 52.2 Å². The smallest absolute Gasteiger partial charge is 0.340 e. The fraction of sp³-hybridized carbons (Fsp3) is 0.455. The molecule has 1 unspecified atom stereocenters. The fourth-order valence-corrected chi connectivity index (χ4v) is 7.84. The quantitative estimate of drug-likeness (QED) is 0.191. The molecule has 1 fully saturated rings. The Hall–Kier alpha value is -1.89. The Morgan fingerprint density at radius 2 is 1.95 bits per heavy atom. The molecule has 0 amide bonds. The van der Waals surface area contributed by atoms with Gasteiger partial charge < -0.3 is 39.1 Å². The second-order valence-corrected chi connectivity index (χ2v) is 13.8. The highest BCUT2D eigenvalue weighted by molar-refractivity contribution is 7.70. The van der Waals surface area contributed by atoms with Crippen molar-refractivity contribution in [3.8, 4) is 0 Å². The average molecular weight is 589 g/mol. The summed E-state index contributed by atoms with van der Waals surface area (Å²) in [6.07, 6.45) is -2.18. The Labute approximate surface area is 222 Å². The van der Waals surface area contributed by atoms with Crippen molar-refractivity contribution < 1.29 is 43.3 Å². The van der Waals surface area contributed by atoms with Crippen molar-refractivity contribution in [3.63, 3.8) is 0 Å². The van der Waals surface area contributed by atoms with E-state index in [-0.39, 0.29) is 16.8 Å². The maximum Gasteiger partial charge on any atom is 0.340 e. The van der Waals surface area contributed by atoms with Crippen molar-refractivity contribution in [2.75, 3.05) is 24.5 Å². The van der Waals surface area contributed by atoms with E-state index in [1.807, 2.05) is 19.2 Å². The van der Waals surface area contributed by atoms with Crippen molar-refractivity contribution in [3.05, 3.63) is 52.8 Å². The van der Waals surface area contributed by atoms with Crippen LogP contribution in [0.3, 0.4) is 0 Å². The van der Waals surface area contributed by atoms with Crippen LogP contribution in [0.4, 0.5) is 5.69 Å². The second kappa shape index (κ2) is 10.3. The summed E-state index contributed by atoms with van der Waals surface area (Å²) in [6.45, 7) is -0.703.